The van der Waals surface area contributed by atoms with Crippen molar-refractivity contribution in [3.63, 3.8) is 0 Å². The Hall–Kier alpha value is -0.670. The Morgan fingerprint density at radius 2 is 1.83 bits per heavy atom. The van der Waals surface area contributed by atoms with Crippen molar-refractivity contribution >= 4 is 5.91 Å². The maximum atomic E-state index is 11.7. The van der Waals surface area contributed by atoms with Gasteiger partial charge in [0.15, 0.2) is 0 Å². The summed E-state index contributed by atoms with van der Waals surface area (Å²) in [5.74, 6) is -0.777. The molecule has 0 aromatic heterocycles. The molecule has 0 aliphatic heterocycles. The normalized spacial score (nSPS) is 13.6. The summed E-state index contributed by atoms with van der Waals surface area (Å²) in [7, 11) is 0. The number of hydrogen-bond acceptors (Lipinski definition) is 1. The van der Waals surface area contributed by atoms with Crippen LogP contribution in [0.4, 0.5) is 8.78 Å². The van der Waals surface area contributed by atoms with E-state index in [4.69, 9.17) is 0 Å². The van der Waals surface area contributed by atoms with E-state index in [-0.39, 0.29) is 6.04 Å². The molecular formula is C8H15F2NO. The molecule has 0 heterocycles. The zero-order chi connectivity index (χ0) is 9.72. The first kappa shape index (κ1) is 11.3. The molecule has 1 atom stereocenters. The second-order valence-corrected chi connectivity index (χ2v) is 3.34. The van der Waals surface area contributed by atoms with E-state index in [1.54, 1.807) is 6.92 Å². The molecule has 1 N–H and O–H groups in total. The first-order valence-corrected chi connectivity index (χ1v) is 4.02. The van der Waals surface area contributed by atoms with Crippen molar-refractivity contribution in [1.82, 2.24) is 5.32 Å². The highest BCUT2D eigenvalue weighted by atomic mass is 19.3. The standard InChI is InChI=1S/C8H15F2NO/c1-5(2)4-6(3)11-8(12)7(9)10/h5-7H,4H2,1-3H3,(H,11,12). The molecule has 0 rings (SSSR count). The Morgan fingerprint density at radius 1 is 1.33 bits per heavy atom. The highest BCUT2D eigenvalue weighted by Gasteiger charge is 2.17. The molecule has 0 aromatic carbocycles. The van der Waals surface area contributed by atoms with Crippen LogP contribution in [0.3, 0.4) is 0 Å². The van der Waals surface area contributed by atoms with E-state index >= 15 is 0 Å². The summed E-state index contributed by atoms with van der Waals surface area (Å²) >= 11 is 0. The van der Waals surface area contributed by atoms with Gasteiger partial charge < -0.3 is 5.32 Å². The largest absolute Gasteiger partial charge is 0.349 e. The molecule has 0 bridgehead atoms. The Balaban J connectivity index is 3.69. The maximum Gasteiger partial charge on any atom is 0.315 e. The second-order valence-electron chi connectivity index (χ2n) is 3.34. The van der Waals surface area contributed by atoms with Crippen molar-refractivity contribution in [3.8, 4) is 0 Å². The van der Waals surface area contributed by atoms with Crippen LogP contribution in [0.25, 0.3) is 0 Å². The third kappa shape index (κ3) is 5.04. The van der Waals surface area contributed by atoms with Crippen LogP contribution in [0.15, 0.2) is 0 Å². The minimum absolute atomic E-state index is 0.175. The van der Waals surface area contributed by atoms with E-state index in [0.29, 0.717) is 5.92 Å². The van der Waals surface area contributed by atoms with E-state index in [0.717, 1.165) is 6.42 Å². The average molecular weight is 179 g/mol. The van der Waals surface area contributed by atoms with Gasteiger partial charge in [0.25, 0.3) is 5.91 Å². The summed E-state index contributed by atoms with van der Waals surface area (Å²) < 4.78 is 23.4. The van der Waals surface area contributed by atoms with Crippen molar-refractivity contribution in [2.75, 3.05) is 0 Å². The maximum absolute atomic E-state index is 11.7. The molecule has 2 nitrogen and oxygen atoms in total. The zero-order valence-corrected chi connectivity index (χ0v) is 7.60. The zero-order valence-electron chi connectivity index (χ0n) is 7.60. The van der Waals surface area contributed by atoms with Crippen LogP contribution in [-0.4, -0.2) is 18.4 Å². The fourth-order valence-electron chi connectivity index (χ4n) is 1.07. The number of nitrogens with one attached hydrogen (secondary N) is 1. The van der Waals surface area contributed by atoms with Gasteiger partial charge in [-0.05, 0) is 19.3 Å². The van der Waals surface area contributed by atoms with Crippen LogP contribution < -0.4 is 5.32 Å². The summed E-state index contributed by atoms with van der Waals surface area (Å²) in [6.45, 7) is 5.68. The SMILES string of the molecule is CC(C)CC(C)NC(=O)C(F)F. The molecule has 72 valence electrons. The minimum Gasteiger partial charge on any atom is -0.349 e. The summed E-state index contributed by atoms with van der Waals surface area (Å²) in [4.78, 5) is 10.5. The minimum atomic E-state index is -2.90. The Labute approximate surface area is 71.3 Å². The fraction of sp³-hybridized carbons (Fsp3) is 0.875. The first-order valence-electron chi connectivity index (χ1n) is 4.02. The molecular weight excluding hydrogens is 164 g/mol. The topological polar surface area (TPSA) is 29.1 Å². The quantitative estimate of drug-likeness (QED) is 0.700. The first-order chi connectivity index (χ1) is 5.43. The van der Waals surface area contributed by atoms with Gasteiger partial charge in [-0.25, -0.2) is 0 Å². The van der Waals surface area contributed by atoms with Crippen molar-refractivity contribution in [1.29, 1.82) is 0 Å². The molecule has 1 amide bonds. The van der Waals surface area contributed by atoms with Crippen LogP contribution in [0.1, 0.15) is 27.2 Å². The Bertz CT molecular complexity index is 148. The van der Waals surface area contributed by atoms with Gasteiger partial charge in [0.1, 0.15) is 0 Å². The molecule has 1 unspecified atom stereocenters. The number of alkyl halides is 2. The second kappa shape index (κ2) is 5.06. The van der Waals surface area contributed by atoms with Gasteiger partial charge in [-0.3, -0.25) is 4.79 Å². The van der Waals surface area contributed by atoms with Crippen molar-refractivity contribution < 1.29 is 13.6 Å². The van der Waals surface area contributed by atoms with Crippen molar-refractivity contribution in [2.45, 2.75) is 39.7 Å². The van der Waals surface area contributed by atoms with Gasteiger partial charge in [-0.1, -0.05) is 13.8 Å². The number of amides is 1. The van der Waals surface area contributed by atoms with Crippen LogP contribution >= 0.6 is 0 Å². The van der Waals surface area contributed by atoms with E-state index < -0.39 is 12.3 Å². The van der Waals surface area contributed by atoms with E-state index in [2.05, 4.69) is 5.32 Å². The average Bonchev–Trinajstić information content (AvgIpc) is 1.84. The predicted molar refractivity (Wildman–Crippen MR) is 43.1 cm³/mol. The van der Waals surface area contributed by atoms with Gasteiger partial charge in [0, 0.05) is 6.04 Å². The highest BCUT2D eigenvalue weighted by Crippen LogP contribution is 2.04. The lowest BCUT2D eigenvalue weighted by molar-refractivity contribution is -0.132. The van der Waals surface area contributed by atoms with Crippen LogP contribution in [0, 0.1) is 5.92 Å². The fourth-order valence-corrected chi connectivity index (χ4v) is 1.07. The molecule has 4 heteroatoms. The number of carbonyl (C=O) groups excluding carboxylic acids is 1. The van der Waals surface area contributed by atoms with Gasteiger partial charge >= 0.3 is 6.43 Å². The van der Waals surface area contributed by atoms with Gasteiger partial charge in [-0.2, -0.15) is 8.78 Å². The molecule has 0 spiro atoms. The van der Waals surface area contributed by atoms with Crippen LogP contribution in [0.5, 0.6) is 0 Å². The summed E-state index contributed by atoms with van der Waals surface area (Å²) in [5.41, 5.74) is 0. The lowest BCUT2D eigenvalue weighted by Crippen LogP contribution is -2.37. The lowest BCUT2D eigenvalue weighted by atomic mass is 10.1. The van der Waals surface area contributed by atoms with Crippen LogP contribution in [-0.2, 0) is 4.79 Å². The smallest absolute Gasteiger partial charge is 0.315 e. The van der Waals surface area contributed by atoms with Gasteiger partial charge in [0.05, 0.1) is 0 Å². The molecule has 0 aliphatic rings. The Kier molecular flexibility index (Phi) is 4.78. The highest BCUT2D eigenvalue weighted by molar-refractivity contribution is 5.79. The number of halogens is 2. The van der Waals surface area contributed by atoms with Crippen LogP contribution in [0.2, 0.25) is 0 Å². The lowest BCUT2D eigenvalue weighted by Gasteiger charge is -2.15. The number of hydrogen-bond donors (Lipinski definition) is 1. The molecule has 0 radical (unpaired) electrons. The van der Waals surface area contributed by atoms with E-state index in [1.807, 2.05) is 13.8 Å². The molecule has 0 aromatic rings. The third-order valence-corrected chi connectivity index (χ3v) is 1.41. The molecule has 12 heavy (non-hydrogen) atoms. The van der Waals surface area contributed by atoms with E-state index in [1.165, 1.54) is 0 Å². The summed E-state index contributed by atoms with van der Waals surface area (Å²) in [5, 5.41) is 2.22. The number of carbonyl (C=O) groups is 1. The van der Waals surface area contributed by atoms with Crippen molar-refractivity contribution in [3.05, 3.63) is 0 Å². The Morgan fingerprint density at radius 3 is 2.17 bits per heavy atom. The predicted octanol–water partition coefficient (Wildman–Crippen LogP) is 1.80. The monoisotopic (exact) mass is 179 g/mol. The van der Waals surface area contributed by atoms with Crippen molar-refractivity contribution in [2.24, 2.45) is 5.92 Å². The van der Waals surface area contributed by atoms with Gasteiger partial charge in [0.2, 0.25) is 0 Å². The summed E-state index contributed by atoms with van der Waals surface area (Å²) in [6, 6.07) is -0.175. The number of rotatable bonds is 4. The summed E-state index contributed by atoms with van der Waals surface area (Å²) in [6.07, 6.45) is -2.18. The van der Waals surface area contributed by atoms with Gasteiger partial charge in [-0.15, -0.1) is 0 Å². The molecule has 0 fully saturated rings. The molecule has 0 aliphatic carbocycles. The third-order valence-electron chi connectivity index (χ3n) is 1.41. The molecule has 0 saturated carbocycles. The molecule has 0 saturated heterocycles. The van der Waals surface area contributed by atoms with E-state index in [9.17, 15) is 13.6 Å².